The number of rotatable bonds is 2. The van der Waals surface area contributed by atoms with Crippen LogP contribution in [0.3, 0.4) is 0 Å². The molecular formula is C14H13BrOS. The summed E-state index contributed by atoms with van der Waals surface area (Å²) in [5.41, 5.74) is 2.90. The van der Waals surface area contributed by atoms with Crippen LogP contribution in [0.15, 0.2) is 28.7 Å². The normalized spacial score (nSPS) is 10.6. The zero-order valence-electron chi connectivity index (χ0n) is 10.0. The fourth-order valence-corrected chi connectivity index (χ4v) is 3.69. The fraction of sp³-hybridized carbons (Fsp3) is 0.214. The summed E-state index contributed by atoms with van der Waals surface area (Å²) in [6, 6.07) is 7.94. The molecule has 2 aromatic rings. The highest BCUT2D eigenvalue weighted by atomic mass is 79.9. The van der Waals surface area contributed by atoms with E-state index in [0.717, 1.165) is 30.9 Å². The Morgan fingerprint density at radius 3 is 2.24 bits per heavy atom. The minimum Gasteiger partial charge on any atom is -0.288 e. The summed E-state index contributed by atoms with van der Waals surface area (Å²) < 4.78 is 0.896. The van der Waals surface area contributed by atoms with Gasteiger partial charge < -0.3 is 0 Å². The Hall–Kier alpha value is -0.930. The first kappa shape index (κ1) is 12.5. The van der Waals surface area contributed by atoms with Crippen LogP contribution in [-0.2, 0) is 0 Å². The van der Waals surface area contributed by atoms with Crippen molar-refractivity contribution in [1.82, 2.24) is 0 Å². The molecule has 2 rings (SSSR count). The van der Waals surface area contributed by atoms with E-state index in [1.807, 2.05) is 45.0 Å². The van der Waals surface area contributed by atoms with Crippen LogP contribution in [0.2, 0.25) is 0 Å². The Labute approximate surface area is 114 Å². The van der Waals surface area contributed by atoms with Gasteiger partial charge in [0.2, 0.25) is 5.78 Å². The molecule has 1 nitrogen and oxygen atoms in total. The lowest BCUT2D eigenvalue weighted by Gasteiger charge is -2.07. The number of hydrogen-bond donors (Lipinski definition) is 0. The lowest BCUT2D eigenvalue weighted by Crippen LogP contribution is -2.04. The van der Waals surface area contributed by atoms with Gasteiger partial charge in [0.1, 0.15) is 0 Å². The highest BCUT2D eigenvalue weighted by Gasteiger charge is 2.18. The number of aryl methyl sites for hydroxylation is 3. The molecule has 3 heteroatoms. The Balaban J connectivity index is 2.55. The summed E-state index contributed by atoms with van der Waals surface area (Å²) >= 11 is 4.99. The van der Waals surface area contributed by atoms with E-state index in [9.17, 15) is 4.79 Å². The van der Waals surface area contributed by atoms with Crippen molar-refractivity contribution < 1.29 is 4.79 Å². The molecule has 1 aromatic heterocycles. The van der Waals surface area contributed by atoms with E-state index >= 15 is 0 Å². The van der Waals surface area contributed by atoms with E-state index in [0.29, 0.717) is 0 Å². The predicted molar refractivity (Wildman–Crippen MR) is 76.1 cm³/mol. The average molecular weight is 309 g/mol. The maximum absolute atomic E-state index is 12.5. The van der Waals surface area contributed by atoms with Crippen LogP contribution in [0.1, 0.15) is 31.2 Å². The topological polar surface area (TPSA) is 17.1 Å². The van der Waals surface area contributed by atoms with Crippen LogP contribution in [0.25, 0.3) is 0 Å². The molecular weight excluding hydrogens is 296 g/mol. The van der Waals surface area contributed by atoms with Crippen LogP contribution in [0.5, 0.6) is 0 Å². The molecule has 0 aliphatic carbocycles. The van der Waals surface area contributed by atoms with Gasteiger partial charge in [0.15, 0.2) is 0 Å². The van der Waals surface area contributed by atoms with Gasteiger partial charge in [-0.2, -0.15) is 0 Å². The number of halogens is 1. The third-order valence-electron chi connectivity index (χ3n) is 2.72. The smallest absolute Gasteiger partial charge is 0.204 e. The highest BCUT2D eigenvalue weighted by molar-refractivity contribution is 9.10. The second kappa shape index (κ2) is 4.75. The zero-order chi connectivity index (χ0) is 12.6. The first-order chi connectivity index (χ1) is 8.00. The lowest BCUT2D eigenvalue weighted by molar-refractivity contribution is 0.104. The molecule has 0 N–H and O–H groups in total. The standard InChI is InChI=1S/C14H13BrOS/c1-8-5-4-6-9(2)12(8)13(16)14-11(15)7-10(3)17-14/h4-7H,1-3H3. The molecule has 0 fully saturated rings. The second-order valence-electron chi connectivity index (χ2n) is 4.13. The zero-order valence-corrected chi connectivity index (χ0v) is 12.4. The predicted octanol–water partition coefficient (Wildman–Crippen LogP) is 4.67. The molecule has 0 aliphatic heterocycles. The van der Waals surface area contributed by atoms with Gasteiger partial charge in [0.25, 0.3) is 0 Å². The first-order valence-electron chi connectivity index (χ1n) is 5.37. The molecule has 17 heavy (non-hydrogen) atoms. The minimum atomic E-state index is 0.116. The third kappa shape index (κ3) is 2.35. The highest BCUT2D eigenvalue weighted by Crippen LogP contribution is 2.30. The number of thiophene rings is 1. The number of hydrogen-bond acceptors (Lipinski definition) is 2. The molecule has 0 radical (unpaired) electrons. The lowest BCUT2D eigenvalue weighted by atomic mass is 9.98. The molecule has 0 spiro atoms. The quantitative estimate of drug-likeness (QED) is 0.737. The van der Waals surface area contributed by atoms with E-state index < -0.39 is 0 Å². The van der Waals surface area contributed by atoms with Crippen LogP contribution in [0, 0.1) is 20.8 Å². The van der Waals surface area contributed by atoms with Crippen LogP contribution >= 0.6 is 27.3 Å². The van der Waals surface area contributed by atoms with Crippen molar-refractivity contribution >= 4 is 33.0 Å². The maximum Gasteiger partial charge on any atom is 0.204 e. The molecule has 0 bridgehead atoms. The Morgan fingerprint density at radius 1 is 1.18 bits per heavy atom. The molecule has 88 valence electrons. The number of benzene rings is 1. The number of carbonyl (C=O) groups excluding carboxylic acids is 1. The minimum absolute atomic E-state index is 0.116. The van der Waals surface area contributed by atoms with Crippen molar-refractivity contribution in [1.29, 1.82) is 0 Å². The van der Waals surface area contributed by atoms with Gasteiger partial charge in [-0.3, -0.25) is 4.79 Å². The molecule has 0 aliphatic rings. The van der Waals surface area contributed by atoms with Gasteiger partial charge in [0.05, 0.1) is 4.88 Å². The molecule has 1 aromatic carbocycles. The monoisotopic (exact) mass is 308 g/mol. The van der Waals surface area contributed by atoms with Gasteiger partial charge in [-0.25, -0.2) is 0 Å². The number of carbonyl (C=O) groups is 1. The molecule has 0 unspecified atom stereocenters. The van der Waals surface area contributed by atoms with E-state index in [2.05, 4.69) is 15.9 Å². The second-order valence-corrected chi connectivity index (χ2v) is 6.24. The Kier molecular flexibility index (Phi) is 3.50. The maximum atomic E-state index is 12.5. The summed E-state index contributed by atoms with van der Waals surface area (Å²) in [5, 5.41) is 0. The summed E-state index contributed by atoms with van der Waals surface area (Å²) in [7, 11) is 0. The molecule has 0 saturated heterocycles. The molecule has 0 amide bonds. The van der Waals surface area contributed by atoms with E-state index in [1.165, 1.54) is 11.3 Å². The van der Waals surface area contributed by atoms with Crippen molar-refractivity contribution in [3.63, 3.8) is 0 Å². The molecule has 0 atom stereocenters. The summed E-state index contributed by atoms with van der Waals surface area (Å²) in [4.78, 5) is 14.4. The summed E-state index contributed by atoms with van der Waals surface area (Å²) in [6.45, 7) is 5.97. The van der Waals surface area contributed by atoms with Crippen molar-refractivity contribution in [3.05, 3.63) is 55.2 Å². The van der Waals surface area contributed by atoms with Crippen LogP contribution in [0.4, 0.5) is 0 Å². The summed E-state index contributed by atoms with van der Waals surface area (Å²) in [6.07, 6.45) is 0. The fourth-order valence-electron chi connectivity index (χ4n) is 1.92. The SMILES string of the molecule is Cc1cc(Br)c(C(=O)c2c(C)cccc2C)s1. The van der Waals surface area contributed by atoms with Gasteiger partial charge >= 0.3 is 0 Å². The van der Waals surface area contributed by atoms with Crippen molar-refractivity contribution in [2.45, 2.75) is 20.8 Å². The summed E-state index contributed by atoms with van der Waals surface area (Å²) in [5.74, 6) is 0.116. The Bertz CT molecular complexity index is 564. The van der Waals surface area contributed by atoms with Crippen molar-refractivity contribution in [2.75, 3.05) is 0 Å². The largest absolute Gasteiger partial charge is 0.288 e. The number of ketones is 1. The van der Waals surface area contributed by atoms with Crippen LogP contribution < -0.4 is 0 Å². The van der Waals surface area contributed by atoms with Crippen molar-refractivity contribution in [2.24, 2.45) is 0 Å². The third-order valence-corrected chi connectivity index (χ3v) is 4.66. The van der Waals surface area contributed by atoms with Crippen LogP contribution in [-0.4, -0.2) is 5.78 Å². The van der Waals surface area contributed by atoms with E-state index in [-0.39, 0.29) is 5.78 Å². The van der Waals surface area contributed by atoms with Gasteiger partial charge in [-0.1, -0.05) is 18.2 Å². The Morgan fingerprint density at radius 2 is 1.76 bits per heavy atom. The van der Waals surface area contributed by atoms with Crippen molar-refractivity contribution in [3.8, 4) is 0 Å². The average Bonchev–Trinajstić information content (AvgIpc) is 2.57. The van der Waals surface area contributed by atoms with Gasteiger partial charge in [0, 0.05) is 14.9 Å². The van der Waals surface area contributed by atoms with Gasteiger partial charge in [-0.05, 0) is 53.9 Å². The van der Waals surface area contributed by atoms with E-state index in [1.54, 1.807) is 0 Å². The first-order valence-corrected chi connectivity index (χ1v) is 6.98. The molecule has 1 heterocycles. The van der Waals surface area contributed by atoms with E-state index in [4.69, 9.17) is 0 Å². The molecule has 0 saturated carbocycles. The van der Waals surface area contributed by atoms with Gasteiger partial charge in [-0.15, -0.1) is 11.3 Å².